The molecule has 1 atom stereocenters. The first-order valence-corrected chi connectivity index (χ1v) is 7.89. The minimum absolute atomic E-state index is 0.0690. The largest absolute Gasteiger partial charge is 0.294 e. The quantitative estimate of drug-likeness (QED) is 0.738. The third kappa shape index (κ3) is 3.26. The molecule has 0 bridgehead atoms. The normalized spacial score (nSPS) is 12.6. The smallest absolute Gasteiger partial charge is 0.163 e. The molecule has 0 amide bonds. The Kier molecular flexibility index (Phi) is 5.11. The molecule has 2 aromatic rings. The van der Waals surface area contributed by atoms with Crippen LogP contribution in [-0.2, 0) is 13.0 Å². The van der Waals surface area contributed by atoms with Crippen molar-refractivity contribution in [2.75, 3.05) is 0 Å². The number of hydrogen-bond acceptors (Lipinski definition) is 4. The Balaban J connectivity index is 2.20. The SMILES string of the molecule is CCCCn1ncnc1C[C@H](C)n1nc(C)c(C(C)=O)c1C. The molecule has 22 heavy (non-hydrogen) atoms. The van der Waals surface area contributed by atoms with E-state index in [0.717, 1.165) is 48.6 Å². The average Bonchev–Trinajstić information content (AvgIpc) is 3.00. The first-order chi connectivity index (χ1) is 10.5. The predicted molar refractivity (Wildman–Crippen MR) is 85.1 cm³/mol. The van der Waals surface area contributed by atoms with E-state index in [2.05, 4.69) is 29.0 Å². The monoisotopic (exact) mass is 303 g/mol. The molecule has 0 saturated carbocycles. The summed E-state index contributed by atoms with van der Waals surface area (Å²) >= 11 is 0. The highest BCUT2D eigenvalue weighted by Crippen LogP contribution is 2.20. The molecule has 2 aromatic heterocycles. The van der Waals surface area contributed by atoms with Gasteiger partial charge in [0.25, 0.3) is 0 Å². The van der Waals surface area contributed by atoms with E-state index in [9.17, 15) is 4.79 Å². The van der Waals surface area contributed by atoms with Crippen LogP contribution in [0.1, 0.15) is 67.2 Å². The molecule has 6 nitrogen and oxygen atoms in total. The molecule has 0 N–H and O–H groups in total. The van der Waals surface area contributed by atoms with E-state index in [1.165, 1.54) is 0 Å². The Hall–Kier alpha value is -1.98. The fraction of sp³-hybridized carbons (Fsp3) is 0.625. The molecule has 2 heterocycles. The maximum atomic E-state index is 11.7. The van der Waals surface area contributed by atoms with Crippen LogP contribution in [-0.4, -0.2) is 30.3 Å². The van der Waals surface area contributed by atoms with Crippen LogP contribution in [0.4, 0.5) is 0 Å². The summed E-state index contributed by atoms with van der Waals surface area (Å²) in [6.45, 7) is 10.6. The number of aromatic nitrogens is 5. The summed E-state index contributed by atoms with van der Waals surface area (Å²) in [5.41, 5.74) is 2.46. The van der Waals surface area contributed by atoms with E-state index in [1.54, 1.807) is 13.3 Å². The van der Waals surface area contributed by atoms with Crippen LogP contribution in [0, 0.1) is 13.8 Å². The molecule has 120 valence electrons. The zero-order chi connectivity index (χ0) is 16.3. The van der Waals surface area contributed by atoms with Gasteiger partial charge in [-0.15, -0.1) is 0 Å². The first-order valence-electron chi connectivity index (χ1n) is 7.89. The number of carbonyl (C=O) groups is 1. The van der Waals surface area contributed by atoms with Gasteiger partial charge in [-0.25, -0.2) is 4.98 Å². The van der Waals surface area contributed by atoms with Crippen molar-refractivity contribution in [3.8, 4) is 0 Å². The highest BCUT2D eigenvalue weighted by atomic mass is 16.1. The molecule has 0 aliphatic carbocycles. The molecule has 0 aliphatic heterocycles. The zero-order valence-electron chi connectivity index (χ0n) is 14.1. The summed E-state index contributed by atoms with van der Waals surface area (Å²) in [5, 5.41) is 8.84. The van der Waals surface area contributed by atoms with E-state index in [-0.39, 0.29) is 11.8 Å². The lowest BCUT2D eigenvalue weighted by molar-refractivity contribution is 0.101. The van der Waals surface area contributed by atoms with Crippen LogP contribution in [0.2, 0.25) is 0 Å². The molecule has 0 spiro atoms. The van der Waals surface area contributed by atoms with Gasteiger partial charge in [-0.3, -0.25) is 14.2 Å². The van der Waals surface area contributed by atoms with Gasteiger partial charge in [-0.05, 0) is 34.1 Å². The fourth-order valence-electron chi connectivity index (χ4n) is 2.89. The van der Waals surface area contributed by atoms with Crippen LogP contribution in [0.25, 0.3) is 0 Å². The lowest BCUT2D eigenvalue weighted by atomic mass is 10.1. The Morgan fingerprint density at radius 1 is 1.36 bits per heavy atom. The van der Waals surface area contributed by atoms with Crippen LogP contribution in [0.15, 0.2) is 6.33 Å². The molecule has 0 saturated heterocycles. The third-order valence-electron chi connectivity index (χ3n) is 3.99. The van der Waals surface area contributed by atoms with Crippen molar-refractivity contribution >= 4 is 5.78 Å². The van der Waals surface area contributed by atoms with Crippen LogP contribution < -0.4 is 0 Å². The van der Waals surface area contributed by atoms with E-state index >= 15 is 0 Å². The van der Waals surface area contributed by atoms with Crippen LogP contribution >= 0.6 is 0 Å². The van der Waals surface area contributed by atoms with Gasteiger partial charge in [-0.2, -0.15) is 10.2 Å². The van der Waals surface area contributed by atoms with Gasteiger partial charge in [0.2, 0.25) is 0 Å². The lowest BCUT2D eigenvalue weighted by Gasteiger charge is -2.14. The van der Waals surface area contributed by atoms with Gasteiger partial charge in [0, 0.05) is 18.7 Å². The van der Waals surface area contributed by atoms with E-state index < -0.39 is 0 Å². The number of nitrogens with zero attached hydrogens (tertiary/aromatic N) is 5. The Labute approximate surface area is 131 Å². The van der Waals surface area contributed by atoms with Gasteiger partial charge in [0.05, 0.1) is 17.3 Å². The van der Waals surface area contributed by atoms with E-state index in [1.807, 2.05) is 23.2 Å². The van der Waals surface area contributed by atoms with Crippen LogP contribution in [0.3, 0.4) is 0 Å². The van der Waals surface area contributed by atoms with E-state index in [0.29, 0.717) is 0 Å². The second kappa shape index (κ2) is 6.85. The van der Waals surface area contributed by atoms with Crippen molar-refractivity contribution in [3.05, 3.63) is 29.1 Å². The molecule has 0 aromatic carbocycles. The summed E-state index contributed by atoms with van der Waals surface area (Å²) in [6, 6.07) is 0.136. The van der Waals surface area contributed by atoms with Crippen molar-refractivity contribution in [2.45, 2.75) is 66.5 Å². The second-order valence-electron chi connectivity index (χ2n) is 5.85. The summed E-state index contributed by atoms with van der Waals surface area (Å²) in [7, 11) is 0. The summed E-state index contributed by atoms with van der Waals surface area (Å²) < 4.78 is 3.91. The summed E-state index contributed by atoms with van der Waals surface area (Å²) in [6.07, 6.45) is 4.59. The Bertz CT molecular complexity index is 656. The van der Waals surface area contributed by atoms with Gasteiger partial charge >= 0.3 is 0 Å². The third-order valence-corrected chi connectivity index (χ3v) is 3.99. The summed E-state index contributed by atoms with van der Waals surface area (Å²) in [5.74, 6) is 1.04. The molecule has 0 unspecified atom stereocenters. The van der Waals surface area contributed by atoms with Crippen molar-refractivity contribution in [3.63, 3.8) is 0 Å². The van der Waals surface area contributed by atoms with Crippen molar-refractivity contribution in [2.24, 2.45) is 0 Å². The molecule has 6 heteroatoms. The van der Waals surface area contributed by atoms with Crippen molar-refractivity contribution in [1.82, 2.24) is 24.5 Å². The highest BCUT2D eigenvalue weighted by Gasteiger charge is 2.20. The minimum Gasteiger partial charge on any atom is -0.294 e. The summed E-state index contributed by atoms with van der Waals surface area (Å²) in [4.78, 5) is 16.1. The fourth-order valence-corrected chi connectivity index (χ4v) is 2.89. The molecule has 0 fully saturated rings. The highest BCUT2D eigenvalue weighted by molar-refractivity contribution is 5.96. The van der Waals surface area contributed by atoms with Gasteiger partial charge in [0.1, 0.15) is 12.2 Å². The average molecular weight is 303 g/mol. The number of Topliss-reactive ketones (excluding diaryl/α,β-unsaturated/α-hetero) is 1. The number of hydrogen-bond donors (Lipinski definition) is 0. The maximum absolute atomic E-state index is 11.7. The topological polar surface area (TPSA) is 65.6 Å². The number of aryl methyl sites for hydroxylation is 2. The number of ketones is 1. The number of rotatable bonds is 7. The molecular formula is C16H25N5O. The zero-order valence-corrected chi connectivity index (χ0v) is 14.1. The van der Waals surface area contributed by atoms with Crippen molar-refractivity contribution in [1.29, 1.82) is 0 Å². The molecule has 0 aliphatic rings. The minimum atomic E-state index is 0.0690. The van der Waals surface area contributed by atoms with E-state index in [4.69, 9.17) is 0 Å². The number of unbranched alkanes of at least 4 members (excludes halogenated alkanes) is 1. The van der Waals surface area contributed by atoms with Crippen molar-refractivity contribution < 1.29 is 4.79 Å². The lowest BCUT2D eigenvalue weighted by Crippen LogP contribution is -2.16. The Morgan fingerprint density at radius 3 is 2.68 bits per heavy atom. The molecular weight excluding hydrogens is 278 g/mol. The molecule has 2 rings (SSSR count). The van der Waals surface area contributed by atoms with Gasteiger partial charge < -0.3 is 0 Å². The molecule has 0 radical (unpaired) electrons. The Morgan fingerprint density at radius 2 is 2.09 bits per heavy atom. The van der Waals surface area contributed by atoms with Gasteiger partial charge in [0.15, 0.2) is 5.78 Å². The maximum Gasteiger partial charge on any atom is 0.163 e. The van der Waals surface area contributed by atoms with Gasteiger partial charge in [-0.1, -0.05) is 13.3 Å². The number of carbonyl (C=O) groups excluding carboxylic acids is 1. The predicted octanol–water partition coefficient (Wildman–Crippen LogP) is 2.90. The first kappa shape index (κ1) is 16.4. The van der Waals surface area contributed by atoms with Crippen LogP contribution in [0.5, 0.6) is 0 Å². The standard InChI is InChI=1S/C16H25N5O/c1-6-7-8-20-15(17-10-18-20)9-11(2)21-13(4)16(14(5)22)12(3)19-21/h10-11H,6-9H2,1-5H3/t11-/m0/s1. The second-order valence-corrected chi connectivity index (χ2v) is 5.85.